The van der Waals surface area contributed by atoms with Crippen molar-refractivity contribution in [2.45, 2.75) is 0 Å². The fourth-order valence-corrected chi connectivity index (χ4v) is 2.99. The second kappa shape index (κ2) is 6.25. The van der Waals surface area contributed by atoms with E-state index in [9.17, 15) is 10.1 Å². The predicted molar refractivity (Wildman–Crippen MR) is 96.7 cm³/mol. The summed E-state index contributed by atoms with van der Waals surface area (Å²) in [5, 5.41) is 13.5. The van der Waals surface area contributed by atoms with Crippen LogP contribution in [0.15, 0.2) is 65.2 Å². The van der Waals surface area contributed by atoms with E-state index < -0.39 is 4.92 Å². The summed E-state index contributed by atoms with van der Waals surface area (Å²) in [5.41, 5.74) is 2.24. The Balaban J connectivity index is 1.85. The van der Waals surface area contributed by atoms with Crippen molar-refractivity contribution in [3.05, 3.63) is 76.0 Å². The van der Waals surface area contributed by atoms with Gasteiger partial charge in [0.1, 0.15) is 11.5 Å². The summed E-state index contributed by atoms with van der Waals surface area (Å²) in [6.07, 6.45) is 5.23. The highest BCUT2D eigenvalue weighted by molar-refractivity contribution is 7.13. The van der Waals surface area contributed by atoms with Crippen LogP contribution in [0.5, 0.6) is 0 Å². The topological polar surface area (TPSA) is 85.7 Å². The monoisotopic (exact) mass is 349 g/mol. The van der Waals surface area contributed by atoms with Gasteiger partial charge in [-0.1, -0.05) is 18.2 Å². The molecule has 0 spiro atoms. The molecule has 3 heterocycles. The first kappa shape index (κ1) is 15.2. The Bertz CT molecular complexity index is 1090. The van der Waals surface area contributed by atoms with Gasteiger partial charge in [-0.3, -0.25) is 14.5 Å². The van der Waals surface area contributed by atoms with Crippen LogP contribution in [0.25, 0.3) is 16.9 Å². The average Bonchev–Trinajstić information content (AvgIpc) is 3.28. The molecule has 4 aromatic rings. The van der Waals surface area contributed by atoms with Crippen LogP contribution in [0.2, 0.25) is 0 Å². The van der Waals surface area contributed by atoms with Gasteiger partial charge in [-0.2, -0.15) is 0 Å². The number of nitrogens with zero attached hydrogens (tertiary/aromatic N) is 5. The molecule has 0 N–H and O–H groups in total. The fourth-order valence-electron chi connectivity index (χ4n) is 2.52. The zero-order chi connectivity index (χ0) is 17.2. The Morgan fingerprint density at radius 1 is 1.24 bits per heavy atom. The van der Waals surface area contributed by atoms with Crippen molar-refractivity contribution < 1.29 is 4.92 Å². The summed E-state index contributed by atoms with van der Waals surface area (Å²) >= 11 is 1.44. The van der Waals surface area contributed by atoms with Crippen molar-refractivity contribution in [3.63, 3.8) is 0 Å². The van der Waals surface area contributed by atoms with Crippen LogP contribution < -0.4 is 0 Å². The van der Waals surface area contributed by atoms with Crippen LogP contribution in [0.1, 0.15) is 5.69 Å². The number of rotatable bonds is 4. The molecule has 122 valence electrons. The second-order valence-corrected chi connectivity index (χ2v) is 6.03. The van der Waals surface area contributed by atoms with Gasteiger partial charge >= 0.3 is 0 Å². The molecule has 1 aromatic carbocycles. The maximum Gasteiger partial charge on any atom is 0.270 e. The molecule has 8 heteroatoms. The molecule has 0 aliphatic carbocycles. The van der Waals surface area contributed by atoms with Gasteiger partial charge in [0, 0.05) is 35.5 Å². The summed E-state index contributed by atoms with van der Waals surface area (Å²) in [4.78, 5) is 23.7. The number of imidazole rings is 1. The highest BCUT2D eigenvalue weighted by Gasteiger charge is 2.14. The first-order valence-electron chi connectivity index (χ1n) is 7.38. The number of thiazole rings is 1. The number of nitro benzene ring substituents is 1. The predicted octanol–water partition coefficient (Wildman–Crippen LogP) is 4.12. The van der Waals surface area contributed by atoms with Gasteiger partial charge in [-0.15, -0.1) is 11.3 Å². The molecule has 0 atom stereocenters. The molecule has 0 saturated heterocycles. The Kier molecular flexibility index (Phi) is 3.79. The maximum absolute atomic E-state index is 11.0. The van der Waals surface area contributed by atoms with E-state index in [0.29, 0.717) is 22.2 Å². The van der Waals surface area contributed by atoms with Crippen LogP contribution in [0.3, 0.4) is 0 Å². The Labute approximate surface area is 146 Å². The number of hydrogen-bond donors (Lipinski definition) is 0. The normalized spacial score (nSPS) is 11.4. The number of nitro groups is 1. The van der Waals surface area contributed by atoms with Gasteiger partial charge in [-0.25, -0.2) is 15.0 Å². The third kappa shape index (κ3) is 2.90. The highest BCUT2D eigenvalue weighted by atomic mass is 32.1. The molecular weight excluding hydrogens is 338 g/mol. The van der Waals surface area contributed by atoms with Crippen molar-refractivity contribution in [1.29, 1.82) is 0 Å². The quantitative estimate of drug-likeness (QED) is 0.315. The molecule has 0 radical (unpaired) electrons. The lowest BCUT2D eigenvalue weighted by atomic mass is 10.2. The van der Waals surface area contributed by atoms with Gasteiger partial charge in [0.05, 0.1) is 16.7 Å². The van der Waals surface area contributed by atoms with Crippen molar-refractivity contribution in [3.8, 4) is 11.4 Å². The van der Waals surface area contributed by atoms with Gasteiger partial charge in [-0.05, 0) is 12.1 Å². The number of fused-ring (bicyclic) bond motifs is 1. The number of benzene rings is 1. The summed E-state index contributed by atoms with van der Waals surface area (Å²) in [7, 11) is 0. The number of non-ortho nitro benzene ring substituents is 1. The zero-order valence-electron chi connectivity index (χ0n) is 12.8. The lowest BCUT2D eigenvalue weighted by Gasteiger charge is -2.00. The van der Waals surface area contributed by atoms with Crippen LogP contribution in [0, 0.1) is 10.1 Å². The van der Waals surface area contributed by atoms with Crippen LogP contribution in [-0.2, 0) is 0 Å². The van der Waals surface area contributed by atoms with Crippen molar-refractivity contribution in [2.75, 3.05) is 0 Å². The van der Waals surface area contributed by atoms with E-state index in [1.165, 1.54) is 23.5 Å². The van der Waals surface area contributed by atoms with Gasteiger partial charge in [0.2, 0.25) is 5.13 Å². The summed E-state index contributed by atoms with van der Waals surface area (Å²) < 4.78 is 1.89. The number of aliphatic imine (C=N–C) groups is 1. The Hall–Kier alpha value is -3.39. The molecule has 0 unspecified atom stereocenters. The molecular formula is C17H11N5O2S. The summed E-state index contributed by atoms with van der Waals surface area (Å²) in [6, 6.07) is 12.2. The van der Waals surface area contributed by atoms with Gasteiger partial charge in [0.25, 0.3) is 5.69 Å². The fraction of sp³-hybridized carbons (Fsp3) is 0. The first-order valence-corrected chi connectivity index (χ1v) is 8.26. The van der Waals surface area contributed by atoms with Crippen LogP contribution >= 0.6 is 11.3 Å². The van der Waals surface area contributed by atoms with Gasteiger partial charge < -0.3 is 0 Å². The number of aromatic nitrogens is 3. The average molecular weight is 349 g/mol. The van der Waals surface area contributed by atoms with E-state index in [0.717, 1.165) is 5.52 Å². The summed E-state index contributed by atoms with van der Waals surface area (Å²) in [6.45, 7) is 0. The van der Waals surface area contributed by atoms with E-state index in [2.05, 4.69) is 15.0 Å². The standard InChI is InChI=1S/C17H11N5O2S/c23-22(24)13-5-3-4-12(10-13)16-20-14(11-19-17-18-7-9-25-17)15-6-1-2-8-21(15)16/h1-11H. The zero-order valence-corrected chi connectivity index (χ0v) is 13.6. The van der Waals surface area contributed by atoms with Gasteiger partial charge in [0.15, 0.2) is 0 Å². The number of pyridine rings is 1. The number of hydrogen-bond acceptors (Lipinski definition) is 6. The molecule has 7 nitrogen and oxygen atoms in total. The minimum Gasteiger partial charge on any atom is -0.299 e. The molecule has 0 fully saturated rings. The summed E-state index contributed by atoms with van der Waals surface area (Å²) in [5.74, 6) is 0.625. The largest absolute Gasteiger partial charge is 0.299 e. The Morgan fingerprint density at radius 2 is 2.16 bits per heavy atom. The third-order valence-corrected chi connectivity index (χ3v) is 4.29. The van der Waals surface area contributed by atoms with Crippen molar-refractivity contribution in [2.24, 2.45) is 4.99 Å². The Morgan fingerprint density at radius 3 is 2.96 bits per heavy atom. The van der Waals surface area contributed by atoms with Crippen LogP contribution in [0.4, 0.5) is 10.8 Å². The van der Waals surface area contributed by atoms with E-state index in [4.69, 9.17) is 0 Å². The lowest BCUT2D eigenvalue weighted by molar-refractivity contribution is -0.384. The van der Waals surface area contributed by atoms with Crippen molar-refractivity contribution in [1.82, 2.24) is 14.4 Å². The second-order valence-electron chi connectivity index (χ2n) is 5.16. The minimum atomic E-state index is -0.413. The molecule has 3 aromatic heterocycles. The van der Waals surface area contributed by atoms with E-state index in [1.807, 2.05) is 34.2 Å². The minimum absolute atomic E-state index is 0.0307. The lowest BCUT2D eigenvalue weighted by Crippen LogP contribution is -1.91. The van der Waals surface area contributed by atoms with Crippen LogP contribution in [-0.4, -0.2) is 25.5 Å². The SMILES string of the molecule is O=[N+]([O-])c1cccc(-c2nc(C=Nc3nccs3)c3ccccn23)c1. The molecule has 4 rings (SSSR count). The highest BCUT2D eigenvalue weighted by Crippen LogP contribution is 2.25. The molecule has 0 saturated carbocycles. The van der Waals surface area contributed by atoms with E-state index in [-0.39, 0.29) is 5.69 Å². The third-order valence-electron chi connectivity index (χ3n) is 3.61. The first-order chi connectivity index (χ1) is 12.2. The van der Waals surface area contributed by atoms with Crippen molar-refractivity contribution >= 4 is 33.9 Å². The van der Waals surface area contributed by atoms with E-state index >= 15 is 0 Å². The molecule has 0 aliphatic heterocycles. The molecule has 0 amide bonds. The smallest absolute Gasteiger partial charge is 0.270 e. The maximum atomic E-state index is 11.0. The molecule has 25 heavy (non-hydrogen) atoms. The van der Waals surface area contributed by atoms with E-state index in [1.54, 1.807) is 24.5 Å². The molecule has 0 bridgehead atoms. The molecule has 0 aliphatic rings.